The molecule has 1 fully saturated rings. The lowest BCUT2D eigenvalue weighted by Gasteiger charge is -2.33. The van der Waals surface area contributed by atoms with Crippen molar-refractivity contribution in [2.45, 2.75) is 45.1 Å². The minimum atomic E-state index is -1.07. The molecule has 2 aromatic carbocycles. The highest BCUT2D eigenvalue weighted by Gasteiger charge is 2.40. The SMILES string of the molecule is CCOC(=O)[C@H]1CC[C@@](O)(c2cc(-c3ccc(C)cc3)n(-c3ccc(OC)cc3)n2)CC1. The van der Waals surface area contributed by atoms with E-state index in [0.717, 1.165) is 22.7 Å². The van der Waals surface area contributed by atoms with Gasteiger partial charge in [0.2, 0.25) is 0 Å². The Labute approximate surface area is 188 Å². The summed E-state index contributed by atoms with van der Waals surface area (Å²) in [4.78, 5) is 12.1. The van der Waals surface area contributed by atoms with Crippen LogP contribution in [0.4, 0.5) is 0 Å². The molecule has 1 saturated carbocycles. The highest BCUT2D eigenvalue weighted by molar-refractivity contribution is 5.72. The highest BCUT2D eigenvalue weighted by atomic mass is 16.5. The fourth-order valence-corrected chi connectivity index (χ4v) is 4.31. The van der Waals surface area contributed by atoms with Gasteiger partial charge in [-0.05, 0) is 69.9 Å². The standard InChI is InChI=1S/C26H30N2O4/c1-4-32-25(29)20-13-15-26(30,16-14-20)24-17-23(19-7-5-18(2)6-8-19)28(27-24)21-9-11-22(31-3)12-10-21/h5-12,17,20,30H,4,13-16H2,1-3H3/t20-,26-. The molecular weight excluding hydrogens is 404 g/mol. The van der Waals surface area contributed by atoms with Crippen LogP contribution in [0.1, 0.15) is 43.9 Å². The van der Waals surface area contributed by atoms with Gasteiger partial charge in [-0.15, -0.1) is 0 Å². The van der Waals surface area contributed by atoms with E-state index in [1.54, 1.807) is 7.11 Å². The van der Waals surface area contributed by atoms with Crippen LogP contribution >= 0.6 is 0 Å². The van der Waals surface area contributed by atoms with Crippen molar-refractivity contribution in [2.24, 2.45) is 5.92 Å². The van der Waals surface area contributed by atoms with Gasteiger partial charge in [-0.25, -0.2) is 4.68 Å². The summed E-state index contributed by atoms with van der Waals surface area (Å²) in [5, 5.41) is 16.3. The van der Waals surface area contributed by atoms with Crippen LogP contribution in [0.25, 0.3) is 16.9 Å². The molecule has 0 atom stereocenters. The van der Waals surface area contributed by atoms with Crippen molar-refractivity contribution in [1.82, 2.24) is 9.78 Å². The van der Waals surface area contributed by atoms with E-state index in [9.17, 15) is 9.90 Å². The number of hydrogen-bond acceptors (Lipinski definition) is 5. The Hall–Kier alpha value is -3.12. The molecule has 0 spiro atoms. The molecule has 0 bridgehead atoms. The number of ether oxygens (including phenoxy) is 2. The lowest BCUT2D eigenvalue weighted by molar-refractivity contribution is -0.151. The number of benzene rings is 2. The predicted octanol–water partition coefficient (Wildman–Crippen LogP) is 4.80. The van der Waals surface area contributed by atoms with E-state index >= 15 is 0 Å². The van der Waals surface area contributed by atoms with Gasteiger partial charge in [0.1, 0.15) is 11.4 Å². The van der Waals surface area contributed by atoms with Crippen molar-refractivity contribution in [3.63, 3.8) is 0 Å². The molecule has 1 heterocycles. The summed E-state index contributed by atoms with van der Waals surface area (Å²) >= 11 is 0. The molecule has 32 heavy (non-hydrogen) atoms. The van der Waals surface area contributed by atoms with Crippen molar-refractivity contribution >= 4 is 5.97 Å². The Bertz CT molecular complexity index is 1060. The molecule has 0 amide bonds. The van der Waals surface area contributed by atoms with Gasteiger partial charge in [-0.3, -0.25) is 4.79 Å². The quantitative estimate of drug-likeness (QED) is 0.564. The topological polar surface area (TPSA) is 73.6 Å². The minimum absolute atomic E-state index is 0.157. The number of aryl methyl sites for hydroxylation is 1. The molecule has 0 saturated heterocycles. The van der Waals surface area contributed by atoms with Crippen molar-refractivity contribution in [2.75, 3.05) is 13.7 Å². The third-order valence-electron chi connectivity index (χ3n) is 6.28. The molecular formula is C26H30N2O4. The van der Waals surface area contributed by atoms with Crippen LogP contribution in [0.2, 0.25) is 0 Å². The van der Waals surface area contributed by atoms with Gasteiger partial charge < -0.3 is 14.6 Å². The van der Waals surface area contributed by atoms with Crippen molar-refractivity contribution in [3.8, 4) is 22.7 Å². The Balaban J connectivity index is 1.69. The number of aliphatic hydroxyl groups is 1. The number of esters is 1. The first kappa shape index (κ1) is 22.1. The third-order valence-corrected chi connectivity index (χ3v) is 6.28. The van der Waals surface area contributed by atoms with E-state index in [4.69, 9.17) is 14.6 Å². The van der Waals surface area contributed by atoms with Crippen LogP contribution < -0.4 is 4.74 Å². The van der Waals surface area contributed by atoms with Gasteiger partial charge in [0.05, 0.1) is 36.7 Å². The van der Waals surface area contributed by atoms with Crippen LogP contribution in [0.15, 0.2) is 54.6 Å². The maximum Gasteiger partial charge on any atom is 0.308 e. The van der Waals surface area contributed by atoms with Crippen molar-refractivity contribution < 1.29 is 19.4 Å². The monoisotopic (exact) mass is 434 g/mol. The Kier molecular flexibility index (Phi) is 6.33. The van der Waals surface area contributed by atoms with Crippen LogP contribution in [0.3, 0.4) is 0 Å². The molecule has 3 aromatic rings. The summed E-state index contributed by atoms with van der Waals surface area (Å²) in [6.45, 7) is 4.25. The van der Waals surface area contributed by atoms with Gasteiger partial charge >= 0.3 is 5.97 Å². The van der Waals surface area contributed by atoms with E-state index in [1.165, 1.54) is 5.56 Å². The van der Waals surface area contributed by atoms with Crippen LogP contribution in [-0.2, 0) is 15.1 Å². The Morgan fingerprint density at radius 2 is 1.78 bits per heavy atom. The number of nitrogens with zero attached hydrogens (tertiary/aromatic N) is 2. The molecule has 1 aliphatic carbocycles. The van der Waals surface area contributed by atoms with Crippen molar-refractivity contribution in [1.29, 1.82) is 0 Å². The largest absolute Gasteiger partial charge is 0.497 e. The predicted molar refractivity (Wildman–Crippen MR) is 123 cm³/mol. The lowest BCUT2D eigenvalue weighted by Crippen LogP contribution is -2.35. The van der Waals surface area contributed by atoms with Gasteiger partial charge in [0.15, 0.2) is 0 Å². The zero-order valence-corrected chi connectivity index (χ0v) is 18.9. The number of methoxy groups -OCH3 is 1. The lowest BCUT2D eigenvalue weighted by atomic mass is 9.77. The first-order valence-electron chi connectivity index (χ1n) is 11.1. The van der Waals surface area contributed by atoms with E-state index < -0.39 is 5.60 Å². The van der Waals surface area contributed by atoms with Crippen LogP contribution in [-0.4, -0.2) is 34.6 Å². The molecule has 6 nitrogen and oxygen atoms in total. The summed E-state index contributed by atoms with van der Waals surface area (Å²) in [6.07, 6.45) is 2.13. The van der Waals surface area contributed by atoms with Crippen LogP contribution in [0.5, 0.6) is 5.75 Å². The van der Waals surface area contributed by atoms with E-state index in [1.807, 2.05) is 41.9 Å². The number of carbonyl (C=O) groups is 1. The number of hydrogen-bond donors (Lipinski definition) is 1. The Morgan fingerprint density at radius 1 is 1.12 bits per heavy atom. The summed E-state index contributed by atoms with van der Waals surface area (Å²) in [5.41, 5.74) is 3.56. The number of rotatable bonds is 6. The second-order valence-corrected chi connectivity index (χ2v) is 8.45. The molecule has 6 heteroatoms. The summed E-state index contributed by atoms with van der Waals surface area (Å²) in [6, 6.07) is 17.9. The Morgan fingerprint density at radius 3 is 2.38 bits per heavy atom. The number of carbonyl (C=O) groups excluding carboxylic acids is 1. The fourth-order valence-electron chi connectivity index (χ4n) is 4.31. The normalized spacial score (nSPS) is 20.7. The van der Waals surface area contributed by atoms with Gasteiger partial charge in [-0.2, -0.15) is 5.10 Å². The smallest absolute Gasteiger partial charge is 0.308 e. The molecule has 1 aliphatic rings. The maximum atomic E-state index is 12.1. The second kappa shape index (κ2) is 9.17. The fraction of sp³-hybridized carbons (Fsp3) is 0.385. The average molecular weight is 435 g/mol. The highest BCUT2D eigenvalue weighted by Crippen LogP contribution is 2.41. The number of aromatic nitrogens is 2. The minimum Gasteiger partial charge on any atom is -0.497 e. The summed E-state index contributed by atoms with van der Waals surface area (Å²) in [5.74, 6) is 0.447. The van der Waals surface area contributed by atoms with Gasteiger partial charge in [0.25, 0.3) is 0 Å². The molecule has 0 unspecified atom stereocenters. The summed E-state index contributed by atoms with van der Waals surface area (Å²) in [7, 11) is 1.64. The van der Waals surface area contributed by atoms with Crippen LogP contribution in [0, 0.1) is 12.8 Å². The molecule has 168 valence electrons. The maximum absolute atomic E-state index is 12.1. The zero-order chi connectivity index (χ0) is 22.7. The zero-order valence-electron chi connectivity index (χ0n) is 18.9. The van der Waals surface area contributed by atoms with Gasteiger partial charge in [-0.1, -0.05) is 29.8 Å². The molecule has 0 aliphatic heterocycles. The third kappa shape index (κ3) is 4.41. The summed E-state index contributed by atoms with van der Waals surface area (Å²) < 4.78 is 12.3. The average Bonchev–Trinajstić information content (AvgIpc) is 3.27. The first-order valence-corrected chi connectivity index (χ1v) is 11.1. The molecule has 1 aromatic heterocycles. The van der Waals surface area contributed by atoms with E-state index in [0.29, 0.717) is 38.0 Å². The van der Waals surface area contributed by atoms with Crippen molar-refractivity contribution in [3.05, 3.63) is 65.9 Å². The molecule has 4 rings (SSSR count). The van der Waals surface area contributed by atoms with Gasteiger partial charge in [0, 0.05) is 5.56 Å². The van der Waals surface area contributed by atoms with E-state index in [-0.39, 0.29) is 11.9 Å². The molecule has 0 radical (unpaired) electrons. The molecule has 1 N–H and O–H groups in total. The second-order valence-electron chi connectivity index (χ2n) is 8.45. The van der Waals surface area contributed by atoms with E-state index in [2.05, 4.69) is 31.2 Å². The first-order chi connectivity index (χ1) is 15.4.